The number of pyridine rings is 1. The Morgan fingerprint density at radius 3 is 2.80 bits per heavy atom. The molecule has 0 aromatic carbocycles. The van der Waals surface area contributed by atoms with Crippen LogP contribution in [0.3, 0.4) is 0 Å². The molecule has 108 valence electrons. The molecule has 6 heteroatoms. The van der Waals surface area contributed by atoms with Crippen LogP contribution in [0.25, 0.3) is 11.2 Å². The van der Waals surface area contributed by atoms with Crippen molar-refractivity contribution in [1.82, 2.24) is 19.4 Å². The zero-order valence-electron chi connectivity index (χ0n) is 12.0. The first-order valence-corrected chi connectivity index (χ1v) is 7.29. The summed E-state index contributed by atoms with van der Waals surface area (Å²) >= 11 is 6.31. The van der Waals surface area contributed by atoms with Gasteiger partial charge in [-0.25, -0.2) is 4.98 Å². The Morgan fingerprint density at radius 1 is 1.40 bits per heavy atom. The lowest BCUT2D eigenvalue weighted by molar-refractivity contribution is 0.388. The highest BCUT2D eigenvalue weighted by molar-refractivity contribution is 6.20. The lowest BCUT2D eigenvalue weighted by Gasteiger charge is -2.17. The summed E-state index contributed by atoms with van der Waals surface area (Å²) in [6.45, 7) is 4.04. The fourth-order valence-electron chi connectivity index (χ4n) is 2.85. The first-order chi connectivity index (χ1) is 9.60. The van der Waals surface area contributed by atoms with Gasteiger partial charge >= 0.3 is 0 Å². The van der Waals surface area contributed by atoms with Gasteiger partial charge in [0.25, 0.3) is 0 Å². The maximum atomic E-state index is 6.31. The smallest absolute Gasteiger partial charge is 0.215 e. The molecule has 0 spiro atoms. The van der Waals surface area contributed by atoms with E-state index in [1.165, 1.54) is 0 Å². The highest BCUT2D eigenvalue weighted by Gasteiger charge is 2.27. The molecule has 5 nitrogen and oxygen atoms in total. The van der Waals surface area contributed by atoms with Crippen LogP contribution in [0.5, 0.6) is 5.88 Å². The standard InChI is InChI=1S/C14H19ClN4O/c1-9(15)13-16-11-4-5-12(20-3)17-14(11)19(13)10-6-7-18(2)8-10/h4-5,9-10H,6-8H2,1-3H3. The maximum absolute atomic E-state index is 6.31. The quantitative estimate of drug-likeness (QED) is 0.816. The predicted molar refractivity (Wildman–Crippen MR) is 79.5 cm³/mol. The third-order valence-electron chi connectivity index (χ3n) is 3.84. The number of rotatable bonds is 3. The van der Waals surface area contributed by atoms with Gasteiger partial charge in [0, 0.05) is 12.6 Å². The van der Waals surface area contributed by atoms with Gasteiger partial charge in [0.05, 0.1) is 18.5 Å². The third kappa shape index (κ3) is 2.25. The average molecular weight is 295 g/mol. The van der Waals surface area contributed by atoms with E-state index in [4.69, 9.17) is 16.3 Å². The molecule has 2 aromatic rings. The van der Waals surface area contributed by atoms with Crippen molar-refractivity contribution in [1.29, 1.82) is 0 Å². The number of halogens is 1. The molecule has 1 saturated heterocycles. The van der Waals surface area contributed by atoms with Gasteiger partial charge in [-0.05, 0) is 33.0 Å². The normalized spacial score (nSPS) is 21.5. The van der Waals surface area contributed by atoms with Gasteiger partial charge in [-0.2, -0.15) is 4.98 Å². The molecule has 2 aromatic heterocycles. The van der Waals surface area contributed by atoms with Crippen LogP contribution in [0.2, 0.25) is 0 Å². The molecule has 2 unspecified atom stereocenters. The van der Waals surface area contributed by atoms with Crippen LogP contribution in [-0.2, 0) is 0 Å². The summed E-state index contributed by atoms with van der Waals surface area (Å²) in [6.07, 6.45) is 1.09. The molecule has 1 aliphatic rings. The lowest BCUT2D eigenvalue weighted by atomic mass is 10.2. The predicted octanol–water partition coefficient (Wildman–Crippen LogP) is 2.62. The molecule has 1 fully saturated rings. The number of methoxy groups -OCH3 is 1. The Balaban J connectivity index is 2.16. The molecule has 0 aliphatic carbocycles. The SMILES string of the molecule is COc1ccc2nc(C(C)Cl)n(C3CCN(C)C3)c2n1. The zero-order chi connectivity index (χ0) is 14.3. The zero-order valence-corrected chi connectivity index (χ0v) is 12.8. The molecular formula is C14H19ClN4O. The number of fused-ring (bicyclic) bond motifs is 1. The number of alkyl halides is 1. The second kappa shape index (κ2) is 5.22. The number of imidazole rings is 1. The van der Waals surface area contributed by atoms with E-state index < -0.39 is 0 Å². The Morgan fingerprint density at radius 2 is 2.20 bits per heavy atom. The Bertz CT molecular complexity index is 625. The van der Waals surface area contributed by atoms with Crippen LogP contribution < -0.4 is 4.74 Å². The van der Waals surface area contributed by atoms with Crippen molar-refractivity contribution >= 4 is 22.8 Å². The fraction of sp³-hybridized carbons (Fsp3) is 0.571. The van der Waals surface area contributed by atoms with Gasteiger partial charge in [0.15, 0.2) is 5.65 Å². The van der Waals surface area contributed by atoms with Crippen LogP contribution in [0, 0.1) is 0 Å². The van der Waals surface area contributed by atoms with E-state index in [-0.39, 0.29) is 5.38 Å². The van der Waals surface area contributed by atoms with Gasteiger partial charge in [-0.3, -0.25) is 0 Å². The molecule has 3 rings (SSSR count). The topological polar surface area (TPSA) is 43.2 Å². The highest BCUT2D eigenvalue weighted by atomic mass is 35.5. The summed E-state index contributed by atoms with van der Waals surface area (Å²) in [5.74, 6) is 1.50. The van der Waals surface area contributed by atoms with E-state index >= 15 is 0 Å². The summed E-state index contributed by atoms with van der Waals surface area (Å²) in [6, 6.07) is 4.16. The van der Waals surface area contributed by atoms with Crippen molar-refractivity contribution in [2.24, 2.45) is 0 Å². The van der Waals surface area contributed by atoms with Gasteiger partial charge in [-0.15, -0.1) is 11.6 Å². The fourth-order valence-corrected chi connectivity index (χ4v) is 3.00. The highest BCUT2D eigenvalue weighted by Crippen LogP contribution is 2.31. The van der Waals surface area contributed by atoms with Crippen LogP contribution >= 0.6 is 11.6 Å². The van der Waals surface area contributed by atoms with E-state index in [1.807, 2.05) is 19.1 Å². The molecule has 3 heterocycles. The van der Waals surface area contributed by atoms with Crippen molar-refractivity contribution in [2.75, 3.05) is 27.2 Å². The van der Waals surface area contributed by atoms with Gasteiger partial charge in [0.2, 0.25) is 5.88 Å². The second-order valence-electron chi connectivity index (χ2n) is 5.36. The molecule has 1 aliphatic heterocycles. The van der Waals surface area contributed by atoms with E-state index in [0.717, 1.165) is 36.5 Å². The molecule has 0 saturated carbocycles. The van der Waals surface area contributed by atoms with Crippen molar-refractivity contribution < 1.29 is 4.74 Å². The molecule has 0 radical (unpaired) electrons. The molecule has 0 N–H and O–H groups in total. The van der Waals surface area contributed by atoms with E-state index in [1.54, 1.807) is 7.11 Å². The minimum absolute atomic E-state index is 0.138. The van der Waals surface area contributed by atoms with Crippen molar-refractivity contribution in [3.05, 3.63) is 18.0 Å². The van der Waals surface area contributed by atoms with Crippen LogP contribution in [0.15, 0.2) is 12.1 Å². The van der Waals surface area contributed by atoms with Gasteiger partial charge in [0.1, 0.15) is 11.3 Å². The minimum Gasteiger partial charge on any atom is -0.481 e. The van der Waals surface area contributed by atoms with Crippen LogP contribution in [-0.4, -0.2) is 46.7 Å². The number of hydrogen-bond acceptors (Lipinski definition) is 4. The first-order valence-electron chi connectivity index (χ1n) is 6.85. The van der Waals surface area contributed by atoms with Crippen LogP contribution in [0.4, 0.5) is 0 Å². The number of nitrogens with zero attached hydrogens (tertiary/aromatic N) is 4. The minimum atomic E-state index is -0.138. The number of likely N-dealkylation sites (tertiary alicyclic amines) is 1. The maximum Gasteiger partial charge on any atom is 0.215 e. The van der Waals surface area contributed by atoms with Gasteiger partial charge < -0.3 is 14.2 Å². The summed E-state index contributed by atoms with van der Waals surface area (Å²) in [7, 11) is 3.76. The van der Waals surface area contributed by atoms with E-state index in [9.17, 15) is 0 Å². The summed E-state index contributed by atoms with van der Waals surface area (Å²) < 4.78 is 7.43. The Hall–Kier alpha value is -1.33. The monoisotopic (exact) mass is 294 g/mol. The third-order valence-corrected chi connectivity index (χ3v) is 4.03. The van der Waals surface area contributed by atoms with E-state index in [2.05, 4.69) is 26.5 Å². The van der Waals surface area contributed by atoms with E-state index in [0.29, 0.717) is 11.9 Å². The molecule has 2 atom stereocenters. The molecule has 20 heavy (non-hydrogen) atoms. The summed E-state index contributed by atoms with van der Waals surface area (Å²) in [4.78, 5) is 11.5. The largest absolute Gasteiger partial charge is 0.481 e. The molecule has 0 bridgehead atoms. The number of aromatic nitrogens is 3. The van der Waals surface area contributed by atoms with Gasteiger partial charge in [-0.1, -0.05) is 0 Å². The molecular weight excluding hydrogens is 276 g/mol. The first kappa shape index (κ1) is 13.6. The molecule has 0 amide bonds. The lowest BCUT2D eigenvalue weighted by Crippen LogP contribution is -2.18. The average Bonchev–Trinajstić information content (AvgIpc) is 3.00. The van der Waals surface area contributed by atoms with Crippen molar-refractivity contribution in [2.45, 2.75) is 24.8 Å². The summed E-state index contributed by atoms with van der Waals surface area (Å²) in [5.41, 5.74) is 1.75. The van der Waals surface area contributed by atoms with Crippen molar-refractivity contribution in [3.63, 3.8) is 0 Å². The second-order valence-corrected chi connectivity index (χ2v) is 6.01. The summed E-state index contributed by atoms with van der Waals surface area (Å²) in [5, 5.41) is -0.138. The Labute approximate surface area is 123 Å². The number of hydrogen-bond donors (Lipinski definition) is 0. The number of ether oxygens (including phenoxy) is 1. The van der Waals surface area contributed by atoms with Crippen molar-refractivity contribution in [3.8, 4) is 5.88 Å². The number of likely N-dealkylation sites (N-methyl/N-ethyl adjacent to an activating group) is 1. The Kier molecular flexibility index (Phi) is 3.56. The van der Waals surface area contributed by atoms with Crippen LogP contribution in [0.1, 0.15) is 30.6 Å².